The number of hydrogen-bond acceptors (Lipinski definition) is 0. The zero-order chi connectivity index (χ0) is 47.0. The van der Waals surface area contributed by atoms with E-state index >= 15 is 0 Å². The third-order valence-corrected chi connectivity index (χ3v) is 70.0. The summed E-state index contributed by atoms with van der Waals surface area (Å²) in [5.41, 5.74) is 14.7. The van der Waals surface area contributed by atoms with E-state index < -0.39 is 21.5 Å². The molecule has 0 amide bonds. The second-order valence-electron chi connectivity index (χ2n) is 22.8. The standard InChI is InChI=1S/2C31H35.C2H7Si.2ClH.Zr/c2*1-2-17-31(18-8-4-3-5-9-19-31)23-24-20-27-13-10-14-29(30(27)21-24)28-16-15-25-11-6-7-12-26(25)22-28;1-3-2;;;/h2*6-7,10-16,20-22H,2-5,8-9,17-19,23H2,1H3;3H,1-2H3;2*1H;/q;;;;;+2/p-2. The van der Waals surface area contributed by atoms with Crippen molar-refractivity contribution >= 4 is 56.6 Å². The minimum atomic E-state index is -5.25. The van der Waals surface area contributed by atoms with Gasteiger partial charge in [-0.1, -0.05) is 0 Å². The molecule has 2 atom stereocenters. The van der Waals surface area contributed by atoms with Crippen molar-refractivity contribution < 1.29 is 15.6 Å². The van der Waals surface area contributed by atoms with Gasteiger partial charge in [0.05, 0.1) is 0 Å². The van der Waals surface area contributed by atoms with E-state index in [1.165, 1.54) is 182 Å². The molecule has 0 N–H and O–H groups in total. The van der Waals surface area contributed by atoms with Gasteiger partial charge in [0.25, 0.3) is 0 Å². The summed E-state index contributed by atoms with van der Waals surface area (Å²) in [6.45, 7) is 10.0. The Hall–Kier alpha value is -3.00. The molecule has 0 aromatic heterocycles. The normalized spacial score (nSPS) is 21.2. The Morgan fingerprint density at radius 3 is 1.24 bits per heavy atom. The van der Waals surface area contributed by atoms with Crippen molar-refractivity contribution in [3.05, 3.63) is 155 Å². The molecule has 10 rings (SSSR count). The predicted octanol–water partition coefficient (Wildman–Crippen LogP) is 20.7. The van der Waals surface area contributed by atoms with Crippen LogP contribution in [0.1, 0.15) is 172 Å². The molecule has 6 aromatic carbocycles. The maximum atomic E-state index is 9.49. The van der Waals surface area contributed by atoms with E-state index in [0.717, 1.165) is 12.8 Å². The van der Waals surface area contributed by atoms with E-state index in [2.05, 4.69) is 160 Å². The molecule has 68 heavy (non-hydrogen) atoms. The van der Waals surface area contributed by atoms with Crippen LogP contribution in [0, 0.1) is 10.8 Å². The van der Waals surface area contributed by atoms with Gasteiger partial charge in [0.15, 0.2) is 0 Å². The van der Waals surface area contributed by atoms with E-state index in [4.69, 9.17) is 0 Å². The van der Waals surface area contributed by atoms with Crippen LogP contribution < -0.4 is 0 Å². The summed E-state index contributed by atoms with van der Waals surface area (Å²) in [6, 6.07) is 46.4. The van der Waals surface area contributed by atoms with Gasteiger partial charge in [-0.2, -0.15) is 0 Å². The molecular formula is C64H77Cl2SiZr. The molecule has 0 radical (unpaired) electrons. The molecule has 6 aromatic rings. The molecule has 4 aliphatic rings. The van der Waals surface area contributed by atoms with Crippen LogP contribution in [0.25, 0.3) is 56.0 Å². The molecule has 4 aliphatic carbocycles. The van der Waals surface area contributed by atoms with Gasteiger partial charge in [0, 0.05) is 0 Å². The van der Waals surface area contributed by atoms with E-state index in [1.54, 1.807) is 11.1 Å². The summed E-state index contributed by atoms with van der Waals surface area (Å²) < 4.78 is 0.147. The monoisotopic (exact) mass is 1030 g/mol. The fourth-order valence-corrected chi connectivity index (χ4v) is 46.1. The number of halogens is 2. The van der Waals surface area contributed by atoms with Gasteiger partial charge in [0.2, 0.25) is 0 Å². The summed E-state index contributed by atoms with van der Waals surface area (Å²) >= 11 is -5.25. The second-order valence-corrected chi connectivity index (χ2v) is 65.3. The van der Waals surface area contributed by atoms with Gasteiger partial charge in [-0.05, 0) is 0 Å². The predicted molar refractivity (Wildman–Crippen MR) is 299 cm³/mol. The van der Waals surface area contributed by atoms with Crippen molar-refractivity contribution in [3.8, 4) is 22.3 Å². The van der Waals surface area contributed by atoms with Crippen LogP contribution in [-0.4, -0.2) is 5.92 Å². The molecule has 0 heterocycles. The van der Waals surface area contributed by atoms with Crippen LogP contribution in [0.15, 0.2) is 132 Å². The molecule has 355 valence electrons. The number of rotatable bonds is 13. The average Bonchev–Trinajstić information content (AvgIpc) is 3.90. The van der Waals surface area contributed by atoms with Crippen LogP contribution >= 0.6 is 17.0 Å². The first-order valence-electron chi connectivity index (χ1n) is 27.3. The minimum absolute atomic E-state index is 0.0733. The topological polar surface area (TPSA) is 0 Å². The van der Waals surface area contributed by atoms with E-state index in [1.807, 2.05) is 0 Å². The average molecular weight is 1040 g/mol. The maximum absolute atomic E-state index is 9.49. The first-order chi connectivity index (χ1) is 33.0. The molecule has 0 saturated heterocycles. The van der Waals surface area contributed by atoms with Gasteiger partial charge >= 0.3 is 423 Å². The van der Waals surface area contributed by atoms with Crippen LogP contribution in [-0.2, 0) is 15.6 Å². The SMILES string of the molecule is CCCC1(CC2=Cc3c(-c4ccc5ccccc5c4)cccc3[CH]2[Zr]([Cl])([Cl])([CH]2C(CC3(CCC)CCCCCCC3)=Cc3c(-c4ccc5ccccc5c4)cccc32)[SiH](C)C)CCCCCCC1. The number of hydrogen-bond donors (Lipinski definition) is 0. The van der Waals surface area contributed by atoms with Gasteiger partial charge in [-0.25, -0.2) is 0 Å². The van der Waals surface area contributed by atoms with E-state index in [-0.39, 0.29) is 18.1 Å². The van der Waals surface area contributed by atoms with Crippen molar-refractivity contribution in [2.45, 2.75) is 163 Å². The fourth-order valence-electron chi connectivity index (χ4n) is 14.9. The summed E-state index contributed by atoms with van der Waals surface area (Å²) in [4.78, 5) is 0. The third-order valence-electron chi connectivity index (χ3n) is 18.2. The first-order valence-corrected chi connectivity index (χ1v) is 43.6. The molecule has 0 spiro atoms. The van der Waals surface area contributed by atoms with Gasteiger partial charge in [-0.3, -0.25) is 0 Å². The molecule has 4 heteroatoms. The summed E-state index contributed by atoms with van der Waals surface area (Å²) in [6.07, 6.45) is 31.5. The molecule has 2 saturated carbocycles. The van der Waals surface area contributed by atoms with E-state index in [9.17, 15) is 17.0 Å². The van der Waals surface area contributed by atoms with Crippen molar-refractivity contribution in [3.63, 3.8) is 0 Å². The Bertz CT molecular complexity index is 2640. The Kier molecular flexibility index (Phi) is 14.5. The Balaban J connectivity index is 1.20. The Morgan fingerprint density at radius 2 is 0.853 bits per heavy atom. The summed E-state index contributed by atoms with van der Waals surface area (Å²) in [7, 11) is 19.0. The molecular weight excluding hydrogens is 959 g/mol. The quantitative estimate of drug-likeness (QED) is 0.101. The summed E-state index contributed by atoms with van der Waals surface area (Å²) in [5, 5.41) is 5.17. The van der Waals surface area contributed by atoms with Crippen molar-refractivity contribution in [2.75, 3.05) is 0 Å². The molecule has 2 unspecified atom stereocenters. The number of benzene rings is 6. The van der Waals surface area contributed by atoms with Gasteiger partial charge in [0.1, 0.15) is 0 Å². The van der Waals surface area contributed by atoms with Crippen molar-refractivity contribution in [1.82, 2.24) is 0 Å². The van der Waals surface area contributed by atoms with Crippen molar-refractivity contribution in [2.24, 2.45) is 10.8 Å². The third kappa shape index (κ3) is 9.11. The first kappa shape index (κ1) is 48.6. The summed E-state index contributed by atoms with van der Waals surface area (Å²) in [5.74, 6) is -1.83. The number of allylic oxidation sites excluding steroid dienone is 2. The van der Waals surface area contributed by atoms with Gasteiger partial charge in [-0.15, -0.1) is 0 Å². The molecule has 0 nitrogen and oxygen atoms in total. The zero-order valence-electron chi connectivity index (χ0n) is 41.8. The van der Waals surface area contributed by atoms with Gasteiger partial charge < -0.3 is 0 Å². The van der Waals surface area contributed by atoms with Crippen LogP contribution in [0.2, 0.25) is 13.1 Å². The molecule has 2 fully saturated rings. The second kappa shape index (κ2) is 20.2. The fraction of sp³-hybridized carbons (Fsp3) is 0.438. The van der Waals surface area contributed by atoms with Crippen LogP contribution in [0.3, 0.4) is 0 Å². The van der Waals surface area contributed by atoms with Crippen molar-refractivity contribution in [1.29, 1.82) is 0 Å². The molecule has 0 bridgehead atoms. The zero-order valence-corrected chi connectivity index (χ0v) is 47.0. The Morgan fingerprint density at radius 1 is 0.471 bits per heavy atom. The molecule has 0 aliphatic heterocycles. The Labute approximate surface area is 419 Å². The van der Waals surface area contributed by atoms with Crippen LogP contribution in [0.5, 0.6) is 0 Å². The number of fused-ring (bicyclic) bond motifs is 4. The van der Waals surface area contributed by atoms with Crippen LogP contribution in [0.4, 0.5) is 0 Å². The van der Waals surface area contributed by atoms with E-state index in [0.29, 0.717) is 0 Å².